The highest BCUT2D eigenvalue weighted by Gasteiger charge is 2.13. The molecule has 0 radical (unpaired) electrons. The molecule has 2 aromatic carbocycles. The molecule has 30 heavy (non-hydrogen) atoms. The summed E-state index contributed by atoms with van der Waals surface area (Å²) in [6.07, 6.45) is 0. The summed E-state index contributed by atoms with van der Waals surface area (Å²) in [5.41, 5.74) is 1.93. The lowest BCUT2D eigenvalue weighted by molar-refractivity contribution is -0.113. The number of hydrogen-bond acceptors (Lipinski definition) is 6. The van der Waals surface area contributed by atoms with E-state index in [1.54, 1.807) is 40.3 Å². The maximum Gasteiger partial charge on any atom is 0.262 e. The van der Waals surface area contributed by atoms with Gasteiger partial charge in [0.05, 0.1) is 22.3 Å². The fraction of sp³-hybridized carbons (Fsp3) is 0.143. The van der Waals surface area contributed by atoms with E-state index in [-0.39, 0.29) is 23.0 Å². The van der Waals surface area contributed by atoms with E-state index >= 15 is 0 Å². The van der Waals surface area contributed by atoms with Crippen LogP contribution in [-0.2, 0) is 11.3 Å². The second-order valence-electron chi connectivity index (χ2n) is 6.34. The van der Waals surface area contributed by atoms with Crippen LogP contribution in [0.2, 0.25) is 0 Å². The molecule has 0 bridgehead atoms. The number of carbonyl (C=O) groups excluding carboxylic acids is 1. The molecular weight excluding hydrogens is 423 g/mol. The largest absolute Gasteiger partial charge is 0.301 e. The van der Waals surface area contributed by atoms with E-state index in [1.165, 1.54) is 35.2 Å². The lowest BCUT2D eigenvalue weighted by Gasteiger charge is -2.10. The molecule has 9 heteroatoms. The molecule has 2 aromatic heterocycles. The lowest BCUT2D eigenvalue weighted by Crippen LogP contribution is -2.23. The Bertz CT molecular complexity index is 1270. The molecule has 4 rings (SSSR count). The van der Waals surface area contributed by atoms with Gasteiger partial charge in [-0.1, -0.05) is 23.9 Å². The highest BCUT2D eigenvalue weighted by atomic mass is 32.2. The molecular formula is C21H17FN4O2S2. The van der Waals surface area contributed by atoms with E-state index in [1.807, 2.05) is 13.0 Å². The molecule has 0 fully saturated rings. The minimum atomic E-state index is -0.313. The number of benzene rings is 2. The number of para-hydroxylation sites is 1. The number of amides is 1. The molecule has 0 saturated heterocycles. The van der Waals surface area contributed by atoms with Crippen LogP contribution in [0.1, 0.15) is 6.92 Å². The van der Waals surface area contributed by atoms with Gasteiger partial charge in [-0.2, -0.15) is 0 Å². The monoisotopic (exact) mass is 440 g/mol. The summed E-state index contributed by atoms with van der Waals surface area (Å²) >= 11 is 2.50. The first-order valence-corrected chi connectivity index (χ1v) is 11.1. The third-order valence-corrected chi connectivity index (χ3v) is 6.10. The Labute approximate surface area is 179 Å². The molecule has 152 valence electrons. The van der Waals surface area contributed by atoms with Crippen molar-refractivity contribution in [1.29, 1.82) is 0 Å². The maximum atomic E-state index is 13.1. The fourth-order valence-electron chi connectivity index (χ4n) is 2.91. The quantitative estimate of drug-likeness (QED) is 0.355. The van der Waals surface area contributed by atoms with Crippen LogP contribution in [0.4, 0.5) is 9.52 Å². The number of hydrogen-bond donors (Lipinski definition) is 1. The molecule has 0 saturated carbocycles. The van der Waals surface area contributed by atoms with Crippen molar-refractivity contribution < 1.29 is 9.18 Å². The molecule has 6 nitrogen and oxygen atoms in total. The summed E-state index contributed by atoms with van der Waals surface area (Å²) in [7, 11) is 0. The topological polar surface area (TPSA) is 76.9 Å². The van der Waals surface area contributed by atoms with Crippen LogP contribution < -0.4 is 10.9 Å². The summed E-state index contributed by atoms with van der Waals surface area (Å²) in [6.45, 7) is 2.34. The molecule has 0 aliphatic heterocycles. The van der Waals surface area contributed by atoms with E-state index in [0.717, 1.165) is 5.56 Å². The van der Waals surface area contributed by atoms with Crippen LogP contribution in [0.5, 0.6) is 0 Å². The SMILES string of the molecule is CCn1c(SCC(=O)Nc2nc(-c3ccc(F)cc3)cs2)nc2ccccc2c1=O. The zero-order valence-corrected chi connectivity index (χ0v) is 17.6. The normalized spacial score (nSPS) is 11.0. The fourth-order valence-corrected chi connectivity index (χ4v) is 4.51. The molecule has 2 heterocycles. The average Bonchev–Trinajstić information content (AvgIpc) is 3.21. The van der Waals surface area contributed by atoms with Crippen molar-refractivity contribution in [3.63, 3.8) is 0 Å². The number of fused-ring (bicyclic) bond motifs is 1. The second-order valence-corrected chi connectivity index (χ2v) is 8.14. The van der Waals surface area contributed by atoms with Crippen LogP contribution in [0.15, 0.2) is 63.9 Å². The number of anilines is 1. The van der Waals surface area contributed by atoms with Crippen LogP contribution in [0.3, 0.4) is 0 Å². The van der Waals surface area contributed by atoms with E-state index in [4.69, 9.17) is 0 Å². The first-order chi connectivity index (χ1) is 14.5. The van der Waals surface area contributed by atoms with Gasteiger partial charge in [0, 0.05) is 17.5 Å². The Morgan fingerprint density at radius 1 is 1.17 bits per heavy atom. The van der Waals surface area contributed by atoms with E-state index in [9.17, 15) is 14.0 Å². The van der Waals surface area contributed by atoms with E-state index in [0.29, 0.717) is 33.4 Å². The van der Waals surface area contributed by atoms with Crippen LogP contribution in [0.25, 0.3) is 22.2 Å². The van der Waals surface area contributed by atoms with Crippen molar-refractivity contribution in [3.8, 4) is 11.3 Å². The van der Waals surface area contributed by atoms with Gasteiger partial charge in [0.1, 0.15) is 5.82 Å². The smallest absolute Gasteiger partial charge is 0.262 e. The number of halogens is 1. The summed E-state index contributed by atoms with van der Waals surface area (Å²) in [6, 6.07) is 13.2. The van der Waals surface area contributed by atoms with Crippen LogP contribution >= 0.6 is 23.1 Å². The minimum absolute atomic E-state index is 0.0935. The molecule has 1 amide bonds. The minimum Gasteiger partial charge on any atom is -0.301 e. The van der Waals surface area contributed by atoms with Gasteiger partial charge < -0.3 is 5.32 Å². The number of nitrogens with one attached hydrogen (secondary N) is 1. The predicted molar refractivity (Wildman–Crippen MR) is 119 cm³/mol. The second kappa shape index (κ2) is 8.76. The Balaban J connectivity index is 1.45. The Hall–Kier alpha value is -3.04. The number of thiazole rings is 1. The van der Waals surface area contributed by atoms with Crippen LogP contribution in [-0.4, -0.2) is 26.2 Å². The summed E-state index contributed by atoms with van der Waals surface area (Å²) in [5, 5.41) is 6.08. The third-order valence-electron chi connectivity index (χ3n) is 4.37. The zero-order chi connectivity index (χ0) is 21.1. The van der Waals surface area contributed by atoms with Gasteiger partial charge in [0.15, 0.2) is 10.3 Å². The molecule has 1 N–H and O–H groups in total. The number of nitrogens with zero attached hydrogens (tertiary/aromatic N) is 3. The maximum absolute atomic E-state index is 13.1. The first-order valence-electron chi connectivity index (χ1n) is 9.19. The summed E-state index contributed by atoms with van der Waals surface area (Å²) in [4.78, 5) is 34.0. The number of rotatable bonds is 6. The Morgan fingerprint density at radius 3 is 2.70 bits per heavy atom. The van der Waals surface area contributed by atoms with Gasteiger partial charge in [-0.15, -0.1) is 11.3 Å². The van der Waals surface area contributed by atoms with Crippen molar-refractivity contribution in [1.82, 2.24) is 14.5 Å². The van der Waals surface area contributed by atoms with Crippen molar-refractivity contribution in [2.75, 3.05) is 11.1 Å². The molecule has 0 unspecified atom stereocenters. The molecule has 0 aliphatic rings. The van der Waals surface area contributed by atoms with Crippen molar-refractivity contribution in [2.24, 2.45) is 0 Å². The molecule has 4 aromatic rings. The Morgan fingerprint density at radius 2 is 1.93 bits per heavy atom. The molecule has 0 spiro atoms. The zero-order valence-electron chi connectivity index (χ0n) is 16.0. The summed E-state index contributed by atoms with van der Waals surface area (Å²) < 4.78 is 14.6. The predicted octanol–water partition coefficient (Wildman–Crippen LogP) is 4.41. The summed E-state index contributed by atoms with van der Waals surface area (Å²) in [5.74, 6) is -0.464. The van der Waals surface area contributed by atoms with Gasteiger partial charge in [0.25, 0.3) is 5.56 Å². The number of thioether (sulfide) groups is 1. The van der Waals surface area contributed by atoms with E-state index < -0.39 is 0 Å². The lowest BCUT2D eigenvalue weighted by atomic mass is 10.2. The number of carbonyl (C=O) groups is 1. The number of aromatic nitrogens is 3. The highest BCUT2D eigenvalue weighted by molar-refractivity contribution is 7.99. The standard InChI is InChI=1S/C21H17FN4O2S2/c1-2-26-19(28)15-5-3-4-6-16(15)24-21(26)30-12-18(27)25-20-23-17(11-29-20)13-7-9-14(22)10-8-13/h3-11H,2,12H2,1H3,(H,23,25,27). The van der Waals surface area contributed by atoms with Gasteiger partial charge in [-0.3, -0.25) is 14.2 Å². The van der Waals surface area contributed by atoms with E-state index in [2.05, 4.69) is 15.3 Å². The Kier molecular flexibility index (Phi) is 5.91. The average molecular weight is 441 g/mol. The van der Waals surface area contributed by atoms with Crippen molar-refractivity contribution in [3.05, 3.63) is 70.1 Å². The van der Waals surface area contributed by atoms with Gasteiger partial charge in [0.2, 0.25) is 5.91 Å². The van der Waals surface area contributed by atoms with Gasteiger partial charge in [-0.05, 0) is 43.3 Å². The molecule has 0 atom stereocenters. The van der Waals surface area contributed by atoms with Gasteiger partial charge in [-0.25, -0.2) is 14.4 Å². The van der Waals surface area contributed by atoms with Crippen LogP contribution in [0, 0.1) is 5.82 Å². The first kappa shape index (κ1) is 20.2. The third kappa shape index (κ3) is 4.27. The van der Waals surface area contributed by atoms with Crippen molar-refractivity contribution in [2.45, 2.75) is 18.6 Å². The van der Waals surface area contributed by atoms with Gasteiger partial charge >= 0.3 is 0 Å². The molecule has 0 aliphatic carbocycles. The highest BCUT2D eigenvalue weighted by Crippen LogP contribution is 2.25. The van der Waals surface area contributed by atoms with Crippen molar-refractivity contribution >= 4 is 45.0 Å².